The fourth-order valence-corrected chi connectivity index (χ4v) is 2.32. The number of hydrogen-bond donors (Lipinski definition) is 2. The Labute approximate surface area is 135 Å². The second-order valence-electron chi connectivity index (χ2n) is 4.34. The number of H-pyrrole nitrogens is 1. The van der Waals surface area contributed by atoms with Crippen LogP contribution in [-0.4, -0.2) is 15.9 Å². The molecule has 2 heterocycles. The normalized spacial score (nSPS) is 10.8. The molecule has 0 radical (unpaired) electrons. The average Bonchev–Trinajstić information content (AvgIpc) is 2.86. The molecule has 0 bridgehead atoms. The van der Waals surface area contributed by atoms with E-state index in [2.05, 4.69) is 15.3 Å². The van der Waals surface area contributed by atoms with E-state index in [1.54, 1.807) is 36.4 Å². The number of carbonyl (C=O) groups excluding carboxylic acids is 1. The minimum atomic E-state index is -0.303. The van der Waals surface area contributed by atoms with Crippen LogP contribution in [0.15, 0.2) is 36.4 Å². The van der Waals surface area contributed by atoms with Crippen molar-refractivity contribution >= 4 is 57.4 Å². The Morgan fingerprint density at radius 2 is 1.86 bits per heavy atom. The number of fused-ring (bicyclic) bond motifs is 1. The molecule has 1 amide bonds. The third-order valence-electron chi connectivity index (χ3n) is 2.87. The standard InChI is InChI=1S/C14H8Cl3N3O/c15-9-3-2-8(6-10(9)16)18-14(21)11-5-7-1-4-12(17)20-13(7)19-11/h1-6H,(H,18,21)(H,19,20). The zero-order chi connectivity index (χ0) is 15.0. The number of carbonyl (C=O) groups is 1. The van der Waals surface area contributed by atoms with Crippen LogP contribution in [0.25, 0.3) is 11.0 Å². The predicted molar refractivity (Wildman–Crippen MR) is 85.5 cm³/mol. The van der Waals surface area contributed by atoms with Crippen LogP contribution in [-0.2, 0) is 0 Å². The Morgan fingerprint density at radius 1 is 1.05 bits per heavy atom. The molecule has 0 spiro atoms. The average molecular weight is 341 g/mol. The summed E-state index contributed by atoms with van der Waals surface area (Å²) in [4.78, 5) is 19.2. The quantitative estimate of drug-likeness (QED) is 0.660. The highest BCUT2D eigenvalue weighted by Gasteiger charge is 2.11. The van der Waals surface area contributed by atoms with Crippen molar-refractivity contribution in [3.8, 4) is 0 Å². The van der Waals surface area contributed by atoms with Crippen LogP contribution in [0, 0.1) is 0 Å². The summed E-state index contributed by atoms with van der Waals surface area (Å²) >= 11 is 17.6. The topological polar surface area (TPSA) is 57.8 Å². The zero-order valence-electron chi connectivity index (χ0n) is 10.5. The zero-order valence-corrected chi connectivity index (χ0v) is 12.7. The third kappa shape index (κ3) is 2.97. The van der Waals surface area contributed by atoms with Crippen molar-refractivity contribution in [3.63, 3.8) is 0 Å². The number of aromatic amines is 1. The molecule has 4 nitrogen and oxygen atoms in total. The molecule has 2 aromatic heterocycles. The number of aromatic nitrogens is 2. The van der Waals surface area contributed by atoms with Crippen molar-refractivity contribution in [2.24, 2.45) is 0 Å². The van der Waals surface area contributed by atoms with Crippen molar-refractivity contribution in [2.45, 2.75) is 0 Å². The van der Waals surface area contributed by atoms with Gasteiger partial charge in [0, 0.05) is 11.1 Å². The van der Waals surface area contributed by atoms with Gasteiger partial charge in [-0.2, -0.15) is 0 Å². The van der Waals surface area contributed by atoms with Crippen molar-refractivity contribution in [1.82, 2.24) is 9.97 Å². The van der Waals surface area contributed by atoms with Gasteiger partial charge in [0.1, 0.15) is 16.5 Å². The Balaban J connectivity index is 1.87. The smallest absolute Gasteiger partial charge is 0.272 e. The first-order valence-corrected chi connectivity index (χ1v) is 7.08. The number of halogens is 3. The van der Waals surface area contributed by atoms with Gasteiger partial charge in [0.25, 0.3) is 5.91 Å². The lowest BCUT2D eigenvalue weighted by molar-refractivity contribution is 0.102. The van der Waals surface area contributed by atoms with Crippen molar-refractivity contribution < 1.29 is 4.79 Å². The summed E-state index contributed by atoms with van der Waals surface area (Å²) in [5.41, 5.74) is 1.49. The third-order valence-corrected chi connectivity index (χ3v) is 3.82. The van der Waals surface area contributed by atoms with Gasteiger partial charge in [-0.15, -0.1) is 0 Å². The molecule has 7 heteroatoms. The highest BCUT2D eigenvalue weighted by Crippen LogP contribution is 2.25. The minimum Gasteiger partial charge on any atom is -0.335 e. The van der Waals surface area contributed by atoms with E-state index >= 15 is 0 Å². The lowest BCUT2D eigenvalue weighted by Crippen LogP contribution is -2.12. The van der Waals surface area contributed by atoms with E-state index in [9.17, 15) is 4.79 Å². The SMILES string of the molecule is O=C(Nc1ccc(Cl)c(Cl)c1)c1cc2ccc(Cl)nc2[nH]1. The summed E-state index contributed by atoms with van der Waals surface area (Å²) in [5, 5.41) is 4.70. The van der Waals surface area contributed by atoms with Crippen LogP contribution in [0.3, 0.4) is 0 Å². The lowest BCUT2D eigenvalue weighted by atomic mass is 10.3. The summed E-state index contributed by atoms with van der Waals surface area (Å²) in [6.07, 6.45) is 0. The van der Waals surface area contributed by atoms with E-state index < -0.39 is 0 Å². The molecule has 3 aromatic rings. The van der Waals surface area contributed by atoms with Crippen molar-refractivity contribution in [3.05, 3.63) is 57.3 Å². The van der Waals surface area contributed by atoms with Crippen LogP contribution >= 0.6 is 34.8 Å². The molecule has 0 atom stereocenters. The maximum Gasteiger partial charge on any atom is 0.272 e. The van der Waals surface area contributed by atoms with Crippen LogP contribution in [0.2, 0.25) is 15.2 Å². The molecule has 106 valence electrons. The molecule has 0 aliphatic carbocycles. The fourth-order valence-electron chi connectivity index (χ4n) is 1.88. The van der Waals surface area contributed by atoms with Crippen LogP contribution in [0.4, 0.5) is 5.69 Å². The largest absolute Gasteiger partial charge is 0.335 e. The maximum absolute atomic E-state index is 12.2. The first-order chi connectivity index (χ1) is 10.0. The van der Waals surface area contributed by atoms with Gasteiger partial charge in [-0.1, -0.05) is 34.8 Å². The number of anilines is 1. The van der Waals surface area contributed by atoms with E-state index in [0.29, 0.717) is 32.2 Å². The molecule has 0 saturated heterocycles. The molecular weight excluding hydrogens is 333 g/mol. The second-order valence-corrected chi connectivity index (χ2v) is 5.54. The highest BCUT2D eigenvalue weighted by molar-refractivity contribution is 6.42. The molecule has 0 fully saturated rings. The van der Waals surface area contributed by atoms with Gasteiger partial charge >= 0.3 is 0 Å². The summed E-state index contributed by atoms with van der Waals surface area (Å²) in [7, 11) is 0. The fraction of sp³-hybridized carbons (Fsp3) is 0. The molecule has 0 aliphatic rings. The first kappa shape index (κ1) is 14.2. The molecule has 3 rings (SSSR count). The number of nitrogens with one attached hydrogen (secondary N) is 2. The van der Waals surface area contributed by atoms with Crippen molar-refractivity contribution in [2.75, 3.05) is 5.32 Å². The second kappa shape index (κ2) is 5.56. The summed E-state index contributed by atoms with van der Waals surface area (Å²) < 4.78 is 0. The van der Waals surface area contributed by atoms with E-state index in [0.717, 1.165) is 5.39 Å². The molecule has 2 N–H and O–H groups in total. The minimum absolute atomic E-state index is 0.303. The Bertz CT molecular complexity index is 845. The van der Waals surface area contributed by atoms with Crippen LogP contribution < -0.4 is 5.32 Å². The van der Waals surface area contributed by atoms with Gasteiger partial charge in [-0.3, -0.25) is 4.79 Å². The molecular formula is C14H8Cl3N3O. The van der Waals surface area contributed by atoms with E-state index in [-0.39, 0.29) is 5.91 Å². The van der Waals surface area contributed by atoms with E-state index in [1.807, 2.05) is 0 Å². The van der Waals surface area contributed by atoms with Gasteiger partial charge in [0.2, 0.25) is 0 Å². The number of amides is 1. The van der Waals surface area contributed by atoms with Crippen LogP contribution in [0.1, 0.15) is 10.5 Å². The molecule has 1 aromatic carbocycles. The Morgan fingerprint density at radius 3 is 2.62 bits per heavy atom. The van der Waals surface area contributed by atoms with Gasteiger partial charge in [0.15, 0.2) is 0 Å². The molecule has 0 saturated carbocycles. The summed E-state index contributed by atoms with van der Waals surface area (Å²) in [5.74, 6) is -0.303. The van der Waals surface area contributed by atoms with Gasteiger partial charge in [0.05, 0.1) is 10.0 Å². The lowest BCUT2D eigenvalue weighted by Gasteiger charge is -2.04. The summed E-state index contributed by atoms with van der Waals surface area (Å²) in [6.45, 7) is 0. The Kier molecular flexibility index (Phi) is 3.76. The molecule has 0 unspecified atom stereocenters. The number of rotatable bonds is 2. The van der Waals surface area contributed by atoms with Crippen molar-refractivity contribution in [1.29, 1.82) is 0 Å². The first-order valence-electron chi connectivity index (χ1n) is 5.94. The number of nitrogens with zero attached hydrogens (tertiary/aromatic N) is 1. The molecule has 0 aliphatic heterocycles. The van der Waals surface area contributed by atoms with E-state index in [1.165, 1.54) is 0 Å². The number of pyridine rings is 1. The maximum atomic E-state index is 12.2. The Hall–Kier alpha value is -1.75. The van der Waals surface area contributed by atoms with Gasteiger partial charge in [-0.05, 0) is 36.4 Å². The van der Waals surface area contributed by atoms with Gasteiger partial charge in [-0.25, -0.2) is 4.98 Å². The monoisotopic (exact) mass is 339 g/mol. The number of hydrogen-bond acceptors (Lipinski definition) is 2. The predicted octanol–water partition coefficient (Wildman–Crippen LogP) is 4.78. The van der Waals surface area contributed by atoms with E-state index in [4.69, 9.17) is 34.8 Å². The molecule has 21 heavy (non-hydrogen) atoms. The highest BCUT2D eigenvalue weighted by atomic mass is 35.5. The number of benzene rings is 1. The summed E-state index contributed by atoms with van der Waals surface area (Å²) in [6, 6.07) is 10.0. The van der Waals surface area contributed by atoms with Gasteiger partial charge < -0.3 is 10.3 Å². The van der Waals surface area contributed by atoms with Crippen LogP contribution in [0.5, 0.6) is 0 Å².